The maximum Gasteiger partial charge on any atom is 0.408 e. The van der Waals surface area contributed by atoms with Crippen molar-refractivity contribution in [2.45, 2.75) is 97.8 Å². The van der Waals surface area contributed by atoms with Gasteiger partial charge < -0.3 is 26.0 Å². The van der Waals surface area contributed by atoms with Crippen LogP contribution in [-0.2, 0) is 19.1 Å². The zero-order chi connectivity index (χ0) is 31.4. The molecule has 2 aromatic rings. The summed E-state index contributed by atoms with van der Waals surface area (Å²) in [6.45, 7) is 11.2. The summed E-state index contributed by atoms with van der Waals surface area (Å²) >= 11 is 6.44. The highest BCUT2D eigenvalue weighted by Crippen LogP contribution is 2.30. The number of nitrogens with two attached hydrogens (primary N) is 1. The maximum atomic E-state index is 14.3. The number of benzene rings is 2. The lowest BCUT2D eigenvalue weighted by Crippen LogP contribution is -2.53. The molecular formula is C32H45ClN4O5. The third-order valence-electron chi connectivity index (χ3n) is 6.59. The van der Waals surface area contributed by atoms with Crippen LogP contribution in [0.3, 0.4) is 0 Å². The van der Waals surface area contributed by atoms with Crippen molar-refractivity contribution in [2.75, 3.05) is 11.9 Å². The number of alkyl carbamates (subject to hydrolysis) is 1. The standard InChI is InChI=1S/C32H45ClN4O5/c1-7-8-9-10-19-37(30(40)25(17-18-26(34)38)35-31(41)42-32(4,5)6)28(23-15-11-13-21(2)20-23)29(39)36-27-22(3)14-12-16-24(27)33/h11-16,20,25,28H,7-10,17-19H2,1-6H3,(H2,34,38)(H,35,41)(H,36,39). The van der Waals surface area contributed by atoms with Crippen LogP contribution in [0.15, 0.2) is 42.5 Å². The molecule has 0 radical (unpaired) electrons. The van der Waals surface area contributed by atoms with E-state index in [1.54, 1.807) is 39.0 Å². The second-order valence-corrected chi connectivity index (χ2v) is 11.9. The number of anilines is 1. The fourth-order valence-electron chi connectivity index (χ4n) is 4.56. The van der Waals surface area contributed by atoms with Crippen LogP contribution in [-0.4, -0.2) is 46.9 Å². The molecule has 0 spiro atoms. The van der Waals surface area contributed by atoms with Crippen LogP contribution in [0, 0.1) is 13.8 Å². The molecule has 0 aromatic heterocycles. The van der Waals surface area contributed by atoms with E-state index in [-0.39, 0.29) is 19.4 Å². The van der Waals surface area contributed by atoms with E-state index in [0.29, 0.717) is 22.7 Å². The summed E-state index contributed by atoms with van der Waals surface area (Å²) in [6.07, 6.45) is 2.43. The number of ether oxygens (including phenoxy) is 1. The molecule has 0 aliphatic heterocycles. The van der Waals surface area contributed by atoms with Gasteiger partial charge in [-0.2, -0.15) is 0 Å². The van der Waals surface area contributed by atoms with Gasteiger partial charge in [-0.25, -0.2) is 4.79 Å². The molecule has 0 saturated carbocycles. The van der Waals surface area contributed by atoms with Gasteiger partial charge in [0, 0.05) is 13.0 Å². The Morgan fingerprint density at radius 2 is 1.71 bits per heavy atom. The van der Waals surface area contributed by atoms with Gasteiger partial charge >= 0.3 is 6.09 Å². The number of nitrogens with one attached hydrogen (secondary N) is 2. The van der Waals surface area contributed by atoms with Gasteiger partial charge in [0.2, 0.25) is 11.8 Å². The van der Waals surface area contributed by atoms with Gasteiger partial charge in [0.05, 0.1) is 10.7 Å². The molecule has 42 heavy (non-hydrogen) atoms. The summed E-state index contributed by atoms with van der Waals surface area (Å²) in [4.78, 5) is 54.4. The van der Waals surface area contributed by atoms with E-state index < -0.39 is 41.5 Å². The molecule has 4 N–H and O–H groups in total. The number of hydrogen-bond acceptors (Lipinski definition) is 5. The van der Waals surface area contributed by atoms with Gasteiger partial charge in [-0.05, 0) is 64.7 Å². The van der Waals surface area contributed by atoms with Crippen molar-refractivity contribution in [3.8, 4) is 0 Å². The van der Waals surface area contributed by atoms with Crippen LogP contribution >= 0.6 is 11.6 Å². The Kier molecular flexibility index (Phi) is 13.3. The molecule has 230 valence electrons. The Balaban J connectivity index is 2.59. The van der Waals surface area contributed by atoms with Crippen molar-refractivity contribution in [1.82, 2.24) is 10.2 Å². The van der Waals surface area contributed by atoms with E-state index in [0.717, 1.165) is 30.4 Å². The minimum absolute atomic E-state index is 0.0509. The van der Waals surface area contributed by atoms with E-state index >= 15 is 0 Å². The molecule has 2 aromatic carbocycles. The normalized spacial score (nSPS) is 12.6. The monoisotopic (exact) mass is 600 g/mol. The van der Waals surface area contributed by atoms with Crippen LogP contribution < -0.4 is 16.4 Å². The highest BCUT2D eigenvalue weighted by molar-refractivity contribution is 6.34. The summed E-state index contributed by atoms with van der Waals surface area (Å²) < 4.78 is 5.40. The Bertz CT molecular complexity index is 1220. The average molecular weight is 601 g/mol. The van der Waals surface area contributed by atoms with Gasteiger partial charge in [0.15, 0.2) is 0 Å². The number of halogens is 1. The average Bonchev–Trinajstić information content (AvgIpc) is 2.89. The smallest absolute Gasteiger partial charge is 0.408 e. The van der Waals surface area contributed by atoms with Gasteiger partial charge in [-0.3, -0.25) is 14.4 Å². The largest absolute Gasteiger partial charge is 0.444 e. The molecule has 9 nitrogen and oxygen atoms in total. The molecule has 0 aliphatic rings. The topological polar surface area (TPSA) is 131 Å². The van der Waals surface area contributed by atoms with Crippen molar-refractivity contribution in [3.63, 3.8) is 0 Å². The number of nitrogens with zero attached hydrogens (tertiary/aromatic N) is 1. The number of aryl methyl sites for hydroxylation is 2. The Hall–Kier alpha value is -3.59. The molecule has 0 aliphatic carbocycles. The van der Waals surface area contributed by atoms with Crippen molar-refractivity contribution < 1.29 is 23.9 Å². The molecule has 0 fully saturated rings. The SMILES string of the molecule is CCCCCCN(C(=O)C(CCC(N)=O)NC(=O)OC(C)(C)C)C(C(=O)Nc1c(C)cccc1Cl)c1cccc(C)c1. The van der Waals surface area contributed by atoms with E-state index in [4.69, 9.17) is 22.1 Å². The van der Waals surface area contributed by atoms with Gasteiger partial charge in [0.1, 0.15) is 17.7 Å². The zero-order valence-corrected chi connectivity index (χ0v) is 26.3. The fourth-order valence-corrected chi connectivity index (χ4v) is 4.83. The minimum Gasteiger partial charge on any atom is -0.444 e. The molecule has 2 atom stereocenters. The molecule has 2 unspecified atom stereocenters. The number of carbonyl (C=O) groups excluding carboxylic acids is 4. The molecule has 4 amide bonds. The van der Waals surface area contributed by atoms with Crippen LogP contribution in [0.25, 0.3) is 0 Å². The molecular weight excluding hydrogens is 556 g/mol. The van der Waals surface area contributed by atoms with Crippen LogP contribution in [0.5, 0.6) is 0 Å². The molecule has 10 heteroatoms. The summed E-state index contributed by atoms with van der Waals surface area (Å²) in [5.41, 5.74) is 7.34. The first-order valence-corrected chi connectivity index (χ1v) is 14.8. The zero-order valence-electron chi connectivity index (χ0n) is 25.6. The van der Waals surface area contributed by atoms with Gasteiger partial charge in [-0.15, -0.1) is 0 Å². The number of para-hydroxylation sites is 1. The molecule has 0 heterocycles. The second-order valence-electron chi connectivity index (χ2n) is 11.5. The predicted molar refractivity (Wildman–Crippen MR) is 166 cm³/mol. The number of rotatable bonds is 14. The van der Waals surface area contributed by atoms with E-state index in [9.17, 15) is 19.2 Å². The van der Waals surface area contributed by atoms with Crippen molar-refractivity contribution >= 4 is 41.1 Å². The van der Waals surface area contributed by atoms with Crippen molar-refractivity contribution in [3.05, 3.63) is 64.2 Å². The van der Waals surface area contributed by atoms with Crippen molar-refractivity contribution in [1.29, 1.82) is 0 Å². The lowest BCUT2D eigenvalue weighted by atomic mass is 9.99. The first kappa shape index (κ1) is 34.6. The Labute approximate surface area is 254 Å². The maximum absolute atomic E-state index is 14.3. The third-order valence-corrected chi connectivity index (χ3v) is 6.91. The second kappa shape index (κ2) is 16.2. The summed E-state index contributed by atoms with van der Waals surface area (Å²) in [6, 6.07) is 10.5. The van der Waals surface area contributed by atoms with Gasteiger partial charge in [0.25, 0.3) is 5.91 Å². The summed E-state index contributed by atoms with van der Waals surface area (Å²) in [7, 11) is 0. The number of hydrogen-bond donors (Lipinski definition) is 3. The van der Waals surface area contributed by atoms with Crippen LogP contribution in [0.4, 0.5) is 10.5 Å². The number of amides is 4. The van der Waals surface area contributed by atoms with Crippen LogP contribution in [0.2, 0.25) is 5.02 Å². The van der Waals surface area contributed by atoms with Crippen LogP contribution in [0.1, 0.15) is 89.0 Å². The van der Waals surface area contributed by atoms with E-state index in [2.05, 4.69) is 17.6 Å². The lowest BCUT2D eigenvalue weighted by molar-refractivity contribution is -0.141. The minimum atomic E-state index is -1.15. The third kappa shape index (κ3) is 11.0. The molecule has 0 saturated heterocycles. The predicted octanol–water partition coefficient (Wildman–Crippen LogP) is 6.20. The highest BCUT2D eigenvalue weighted by Gasteiger charge is 2.36. The quantitative estimate of drug-likeness (QED) is 0.222. The van der Waals surface area contributed by atoms with E-state index in [1.807, 2.05) is 38.1 Å². The Morgan fingerprint density at radius 1 is 1.02 bits per heavy atom. The first-order chi connectivity index (χ1) is 19.7. The van der Waals surface area contributed by atoms with Crippen molar-refractivity contribution in [2.24, 2.45) is 5.73 Å². The Morgan fingerprint density at radius 3 is 2.31 bits per heavy atom. The number of carbonyl (C=O) groups is 4. The highest BCUT2D eigenvalue weighted by atomic mass is 35.5. The number of unbranched alkanes of at least 4 members (excludes halogenated alkanes) is 3. The molecule has 2 rings (SSSR count). The number of primary amides is 1. The first-order valence-electron chi connectivity index (χ1n) is 14.4. The summed E-state index contributed by atoms with van der Waals surface area (Å²) in [5.74, 6) is -1.59. The fraction of sp³-hybridized carbons (Fsp3) is 0.500. The van der Waals surface area contributed by atoms with E-state index in [1.165, 1.54) is 4.90 Å². The van der Waals surface area contributed by atoms with Gasteiger partial charge in [-0.1, -0.05) is 79.7 Å². The summed E-state index contributed by atoms with van der Waals surface area (Å²) in [5, 5.41) is 5.94. The lowest BCUT2D eigenvalue weighted by Gasteiger charge is -2.35. The molecule has 0 bridgehead atoms.